The molecule has 2 aromatic rings. The molecule has 20 heavy (non-hydrogen) atoms. The quantitative estimate of drug-likeness (QED) is 0.934. The van der Waals surface area contributed by atoms with Crippen molar-refractivity contribution < 1.29 is 19.1 Å². The van der Waals surface area contributed by atoms with Crippen molar-refractivity contribution in [2.24, 2.45) is 0 Å². The highest BCUT2D eigenvalue weighted by Crippen LogP contribution is 2.33. The number of rotatable bonds is 4. The van der Waals surface area contributed by atoms with E-state index in [1.165, 1.54) is 0 Å². The molecule has 1 aromatic heterocycles. The number of aromatic carboxylic acids is 1. The van der Waals surface area contributed by atoms with Crippen molar-refractivity contribution in [1.29, 1.82) is 0 Å². The van der Waals surface area contributed by atoms with E-state index in [0.717, 1.165) is 13.0 Å². The molecule has 1 saturated heterocycles. The lowest BCUT2D eigenvalue weighted by molar-refractivity contribution is 0.0697. The van der Waals surface area contributed by atoms with Crippen LogP contribution in [0.25, 0.3) is 11.0 Å². The van der Waals surface area contributed by atoms with Gasteiger partial charge in [-0.15, -0.1) is 11.8 Å². The first-order valence-corrected chi connectivity index (χ1v) is 7.68. The molecule has 106 valence electrons. The summed E-state index contributed by atoms with van der Waals surface area (Å²) in [5, 5.41) is 10.5. The molecule has 2 unspecified atom stereocenters. The number of benzene rings is 1. The Hall–Kier alpha value is -1.46. The van der Waals surface area contributed by atoms with Crippen molar-refractivity contribution in [3.63, 3.8) is 0 Å². The van der Waals surface area contributed by atoms with Crippen LogP contribution in [0.5, 0.6) is 0 Å². The Bertz CT molecular complexity index is 634. The standard InChI is InChI=1S/C15H16O4S/c1-9-13(6-7-18-9)20-8-12-14(15(16)17)10-4-2-3-5-11(10)19-12/h2-5,9,13H,6-8H2,1H3,(H,16,17). The molecular weight excluding hydrogens is 276 g/mol. The molecule has 0 saturated carbocycles. The summed E-state index contributed by atoms with van der Waals surface area (Å²) in [6, 6.07) is 7.27. The number of para-hydroxylation sites is 1. The molecule has 1 fully saturated rings. The Labute approximate surface area is 121 Å². The number of carboxylic acids is 1. The van der Waals surface area contributed by atoms with E-state index in [-0.39, 0.29) is 6.10 Å². The molecule has 2 atom stereocenters. The third kappa shape index (κ3) is 2.43. The summed E-state index contributed by atoms with van der Waals surface area (Å²) in [5.74, 6) is 0.179. The molecular formula is C15H16O4S. The zero-order chi connectivity index (χ0) is 14.1. The lowest BCUT2D eigenvalue weighted by Gasteiger charge is -2.12. The van der Waals surface area contributed by atoms with Crippen LogP contribution in [0.4, 0.5) is 0 Å². The van der Waals surface area contributed by atoms with Gasteiger partial charge in [-0.05, 0) is 19.4 Å². The summed E-state index contributed by atoms with van der Waals surface area (Å²) in [6.45, 7) is 2.84. The molecule has 1 aliphatic rings. The van der Waals surface area contributed by atoms with Gasteiger partial charge in [-0.1, -0.05) is 18.2 Å². The second kappa shape index (κ2) is 5.50. The van der Waals surface area contributed by atoms with Gasteiger partial charge in [-0.3, -0.25) is 0 Å². The lowest BCUT2D eigenvalue weighted by atomic mass is 10.1. The maximum atomic E-state index is 11.5. The van der Waals surface area contributed by atoms with E-state index in [0.29, 0.717) is 33.3 Å². The third-order valence-corrected chi connectivity index (χ3v) is 5.09. The molecule has 3 rings (SSSR count). The normalized spacial score (nSPS) is 22.4. The molecule has 0 spiro atoms. The number of hydrogen-bond acceptors (Lipinski definition) is 4. The van der Waals surface area contributed by atoms with Crippen LogP contribution < -0.4 is 0 Å². The highest BCUT2D eigenvalue weighted by Gasteiger charge is 2.26. The molecule has 0 aliphatic carbocycles. The maximum absolute atomic E-state index is 11.5. The maximum Gasteiger partial charge on any atom is 0.339 e. The van der Waals surface area contributed by atoms with Gasteiger partial charge >= 0.3 is 5.97 Å². The topological polar surface area (TPSA) is 59.7 Å². The minimum absolute atomic E-state index is 0.220. The Kier molecular flexibility index (Phi) is 3.72. The van der Waals surface area contributed by atoms with Gasteiger partial charge in [0.05, 0.1) is 11.9 Å². The van der Waals surface area contributed by atoms with Gasteiger partial charge in [-0.2, -0.15) is 0 Å². The van der Waals surface area contributed by atoms with Crippen molar-refractivity contribution in [3.8, 4) is 0 Å². The Morgan fingerprint density at radius 2 is 2.25 bits per heavy atom. The second-order valence-corrected chi connectivity index (χ2v) is 6.14. The molecule has 0 amide bonds. The fourth-order valence-corrected chi connectivity index (χ4v) is 3.73. The van der Waals surface area contributed by atoms with E-state index in [1.54, 1.807) is 23.9 Å². The van der Waals surface area contributed by atoms with Crippen LogP contribution in [0.2, 0.25) is 0 Å². The van der Waals surface area contributed by atoms with Crippen molar-refractivity contribution in [2.75, 3.05) is 6.61 Å². The number of carboxylic acid groups (broad SMARTS) is 1. The molecule has 4 nitrogen and oxygen atoms in total. The van der Waals surface area contributed by atoms with Gasteiger partial charge in [-0.25, -0.2) is 4.79 Å². The first-order chi connectivity index (χ1) is 9.66. The molecule has 5 heteroatoms. The summed E-state index contributed by atoms with van der Waals surface area (Å²) in [4.78, 5) is 11.5. The minimum atomic E-state index is -0.929. The minimum Gasteiger partial charge on any atom is -0.478 e. The fraction of sp³-hybridized carbons (Fsp3) is 0.400. The van der Waals surface area contributed by atoms with Gasteiger partial charge in [0, 0.05) is 17.2 Å². The van der Waals surface area contributed by atoms with Crippen LogP contribution in [0.15, 0.2) is 28.7 Å². The summed E-state index contributed by atoms with van der Waals surface area (Å²) in [6.07, 6.45) is 1.23. The van der Waals surface area contributed by atoms with Crippen LogP contribution in [-0.2, 0) is 10.5 Å². The fourth-order valence-electron chi connectivity index (χ4n) is 2.55. The SMILES string of the molecule is CC1OCCC1SCc1oc2ccccc2c1C(=O)O. The summed E-state index contributed by atoms with van der Waals surface area (Å²) >= 11 is 1.71. The largest absolute Gasteiger partial charge is 0.478 e. The molecule has 2 heterocycles. The number of thioether (sulfide) groups is 1. The molecule has 1 aliphatic heterocycles. The highest BCUT2D eigenvalue weighted by molar-refractivity contribution is 7.99. The van der Waals surface area contributed by atoms with Crippen molar-refractivity contribution in [1.82, 2.24) is 0 Å². The molecule has 1 N–H and O–H groups in total. The van der Waals surface area contributed by atoms with E-state index in [1.807, 2.05) is 12.1 Å². The Morgan fingerprint density at radius 1 is 1.45 bits per heavy atom. The highest BCUT2D eigenvalue weighted by atomic mass is 32.2. The zero-order valence-electron chi connectivity index (χ0n) is 11.2. The summed E-state index contributed by atoms with van der Waals surface area (Å²) in [5.41, 5.74) is 0.927. The summed E-state index contributed by atoms with van der Waals surface area (Å²) < 4.78 is 11.2. The van der Waals surface area contributed by atoms with E-state index in [9.17, 15) is 9.90 Å². The van der Waals surface area contributed by atoms with Gasteiger partial charge in [0.2, 0.25) is 0 Å². The number of furan rings is 1. The molecule has 0 radical (unpaired) electrons. The molecule has 0 bridgehead atoms. The van der Waals surface area contributed by atoms with E-state index >= 15 is 0 Å². The first kappa shape index (κ1) is 13.5. The Morgan fingerprint density at radius 3 is 2.95 bits per heavy atom. The smallest absolute Gasteiger partial charge is 0.339 e. The van der Waals surface area contributed by atoms with Crippen molar-refractivity contribution >= 4 is 28.7 Å². The monoisotopic (exact) mass is 292 g/mol. The van der Waals surface area contributed by atoms with Crippen molar-refractivity contribution in [3.05, 3.63) is 35.6 Å². The first-order valence-electron chi connectivity index (χ1n) is 6.63. The predicted molar refractivity (Wildman–Crippen MR) is 78.3 cm³/mol. The van der Waals surface area contributed by atoms with Crippen LogP contribution in [0.3, 0.4) is 0 Å². The Balaban J connectivity index is 1.87. The van der Waals surface area contributed by atoms with Crippen LogP contribution in [0.1, 0.15) is 29.5 Å². The summed E-state index contributed by atoms with van der Waals surface area (Å²) in [7, 11) is 0. The number of fused-ring (bicyclic) bond motifs is 1. The van der Waals surface area contributed by atoms with Crippen molar-refractivity contribution in [2.45, 2.75) is 30.5 Å². The number of hydrogen-bond donors (Lipinski definition) is 1. The van der Waals surface area contributed by atoms with E-state index < -0.39 is 5.97 Å². The molecule has 1 aromatic carbocycles. The van der Waals surface area contributed by atoms with Gasteiger partial charge in [0.15, 0.2) is 0 Å². The third-order valence-electron chi connectivity index (χ3n) is 3.62. The van der Waals surface area contributed by atoms with Gasteiger partial charge in [0.25, 0.3) is 0 Å². The number of ether oxygens (including phenoxy) is 1. The van der Waals surface area contributed by atoms with Crippen LogP contribution in [0, 0.1) is 0 Å². The predicted octanol–water partition coefficient (Wildman–Crippen LogP) is 3.54. The lowest BCUT2D eigenvalue weighted by Crippen LogP contribution is -2.13. The van der Waals surface area contributed by atoms with Gasteiger partial charge < -0.3 is 14.3 Å². The van der Waals surface area contributed by atoms with Crippen LogP contribution in [-0.4, -0.2) is 29.0 Å². The second-order valence-electron chi connectivity index (χ2n) is 4.92. The van der Waals surface area contributed by atoms with E-state index in [4.69, 9.17) is 9.15 Å². The van der Waals surface area contributed by atoms with E-state index in [2.05, 4.69) is 6.92 Å². The zero-order valence-corrected chi connectivity index (χ0v) is 12.0. The van der Waals surface area contributed by atoms with Crippen LogP contribution >= 0.6 is 11.8 Å². The number of carbonyl (C=O) groups is 1. The average molecular weight is 292 g/mol. The van der Waals surface area contributed by atoms with Gasteiger partial charge in [0.1, 0.15) is 16.9 Å². The average Bonchev–Trinajstić information content (AvgIpc) is 2.99.